The number of nitrogens with zero attached hydrogens (tertiary/aromatic N) is 4. The van der Waals surface area contributed by atoms with Crippen LogP contribution in [-0.2, 0) is 6.54 Å². The van der Waals surface area contributed by atoms with Crippen LogP contribution in [0.3, 0.4) is 0 Å². The van der Waals surface area contributed by atoms with Gasteiger partial charge in [-0.25, -0.2) is 9.50 Å². The van der Waals surface area contributed by atoms with Gasteiger partial charge in [0.1, 0.15) is 17.6 Å². The number of aromatic nitrogens is 3. The van der Waals surface area contributed by atoms with Gasteiger partial charge in [0.15, 0.2) is 5.82 Å². The zero-order chi connectivity index (χ0) is 21.5. The molecule has 162 valence electrons. The van der Waals surface area contributed by atoms with Crippen LogP contribution in [0.25, 0.3) is 26.0 Å². The number of likely N-dealkylation sites (tertiary alicyclic amines) is 1. The summed E-state index contributed by atoms with van der Waals surface area (Å²) in [6.45, 7) is 8.24. The van der Waals surface area contributed by atoms with Crippen molar-refractivity contribution in [1.82, 2.24) is 24.8 Å². The summed E-state index contributed by atoms with van der Waals surface area (Å²) in [7, 11) is 1.72. The number of hydrogen-bond acceptors (Lipinski definition) is 7. The van der Waals surface area contributed by atoms with Gasteiger partial charge in [-0.15, -0.1) is 11.3 Å². The molecule has 1 aliphatic heterocycles. The normalized spacial score (nSPS) is 17.2. The van der Waals surface area contributed by atoms with Crippen LogP contribution in [0.4, 0.5) is 5.82 Å². The Morgan fingerprint density at radius 2 is 2.16 bits per heavy atom. The Balaban J connectivity index is 1.58. The molecule has 1 fully saturated rings. The highest BCUT2D eigenvalue weighted by atomic mass is 32.1. The fraction of sp³-hybridized carbons (Fsp3) is 0.391. The number of hydrogen-bond donors (Lipinski definition) is 2. The third-order valence-corrected chi connectivity index (χ3v) is 7.22. The molecule has 1 saturated heterocycles. The van der Waals surface area contributed by atoms with Gasteiger partial charge in [0.2, 0.25) is 0 Å². The number of rotatable bonds is 6. The van der Waals surface area contributed by atoms with E-state index in [0.717, 1.165) is 58.3 Å². The van der Waals surface area contributed by atoms with Crippen LogP contribution in [-0.4, -0.2) is 52.3 Å². The van der Waals surface area contributed by atoms with Crippen LogP contribution in [0.15, 0.2) is 30.6 Å². The highest BCUT2D eigenvalue weighted by Gasteiger charge is 2.24. The molecule has 0 bridgehead atoms. The number of fused-ring (bicyclic) bond motifs is 2. The molecule has 3 N–H and O–H groups in total. The van der Waals surface area contributed by atoms with Gasteiger partial charge in [-0.3, -0.25) is 4.90 Å². The lowest BCUT2D eigenvalue weighted by molar-refractivity contribution is 0.314. The molecule has 4 aromatic rings. The first-order valence-corrected chi connectivity index (χ1v) is 11.5. The minimum Gasteiger partial charge on any atom is -0.495 e. The second-order valence-corrected chi connectivity index (χ2v) is 9.28. The third-order valence-electron chi connectivity index (χ3n) is 6.02. The highest BCUT2D eigenvalue weighted by molar-refractivity contribution is 7.22. The average Bonchev–Trinajstić information content (AvgIpc) is 3.46. The number of nitrogens with one attached hydrogen (secondary N) is 1. The van der Waals surface area contributed by atoms with Gasteiger partial charge < -0.3 is 15.8 Å². The molecule has 8 heteroatoms. The topological polar surface area (TPSA) is 80.7 Å². The number of ether oxygens (including phenoxy) is 1. The van der Waals surface area contributed by atoms with Crippen molar-refractivity contribution >= 4 is 32.8 Å². The summed E-state index contributed by atoms with van der Waals surface area (Å²) in [5.41, 5.74) is 10.6. The maximum Gasteiger partial charge on any atom is 0.152 e. The van der Waals surface area contributed by atoms with Gasteiger partial charge >= 0.3 is 0 Å². The molecule has 1 aliphatic rings. The Kier molecular flexibility index (Phi) is 5.29. The summed E-state index contributed by atoms with van der Waals surface area (Å²) in [4.78, 5) is 7.91. The van der Waals surface area contributed by atoms with Crippen molar-refractivity contribution in [3.8, 4) is 16.2 Å². The van der Waals surface area contributed by atoms with Crippen molar-refractivity contribution in [3.05, 3.63) is 41.9 Å². The molecule has 0 unspecified atom stereocenters. The van der Waals surface area contributed by atoms with E-state index in [-0.39, 0.29) is 0 Å². The zero-order valence-electron chi connectivity index (χ0n) is 18.2. The smallest absolute Gasteiger partial charge is 0.152 e. The van der Waals surface area contributed by atoms with Crippen LogP contribution in [0, 0.1) is 6.92 Å². The van der Waals surface area contributed by atoms with Gasteiger partial charge in [0, 0.05) is 36.1 Å². The number of anilines is 1. The molecule has 0 spiro atoms. The first-order valence-electron chi connectivity index (χ1n) is 10.7. The predicted molar refractivity (Wildman–Crippen MR) is 127 cm³/mol. The fourth-order valence-electron chi connectivity index (χ4n) is 4.64. The van der Waals surface area contributed by atoms with E-state index in [2.05, 4.69) is 58.4 Å². The summed E-state index contributed by atoms with van der Waals surface area (Å²) in [6, 6.07) is 9.29. The largest absolute Gasteiger partial charge is 0.495 e. The van der Waals surface area contributed by atoms with Gasteiger partial charge in [-0.1, -0.05) is 13.0 Å². The van der Waals surface area contributed by atoms with Crippen molar-refractivity contribution in [3.63, 3.8) is 0 Å². The van der Waals surface area contributed by atoms with E-state index in [0.29, 0.717) is 11.9 Å². The van der Waals surface area contributed by atoms with Gasteiger partial charge in [0.25, 0.3) is 0 Å². The van der Waals surface area contributed by atoms with Gasteiger partial charge in [-0.2, -0.15) is 5.10 Å². The summed E-state index contributed by atoms with van der Waals surface area (Å²) in [5.74, 6) is 1.41. The summed E-state index contributed by atoms with van der Waals surface area (Å²) >= 11 is 1.72. The summed E-state index contributed by atoms with van der Waals surface area (Å²) in [5, 5.41) is 9.30. The molecule has 4 heterocycles. The first kappa shape index (κ1) is 20.2. The SMILES string of the molecule is CCN[C@H]1CCN(Cc2cc(-c3cc4cc(C)cc(OC)c4s3)c3c(N)ncnn23)C1. The molecule has 1 atom stereocenters. The van der Waals surface area contributed by atoms with E-state index in [1.54, 1.807) is 24.8 Å². The number of likely N-dealkylation sites (N-methyl/N-ethyl adjacent to an activating group) is 1. The Morgan fingerprint density at radius 3 is 2.97 bits per heavy atom. The fourth-order valence-corrected chi connectivity index (χ4v) is 5.79. The predicted octanol–water partition coefficient (Wildman–Crippen LogP) is 3.69. The zero-order valence-corrected chi connectivity index (χ0v) is 19.0. The number of thiophene rings is 1. The minimum absolute atomic E-state index is 0.504. The first-order chi connectivity index (χ1) is 15.1. The number of aryl methyl sites for hydroxylation is 1. The molecular formula is C23H28N6OS. The average molecular weight is 437 g/mol. The van der Waals surface area contributed by atoms with E-state index in [4.69, 9.17) is 10.5 Å². The second kappa shape index (κ2) is 8.11. The Morgan fingerprint density at radius 1 is 1.29 bits per heavy atom. The Labute approximate surface area is 185 Å². The van der Waals surface area contributed by atoms with E-state index in [1.165, 1.54) is 17.4 Å². The molecule has 31 heavy (non-hydrogen) atoms. The van der Waals surface area contributed by atoms with Crippen LogP contribution in [0.5, 0.6) is 5.75 Å². The number of benzene rings is 1. The van der Waals surface area contributed by atoms with Crippen LogP contribution in [0.1, 0.15) is 24.6 Å². The summed E-state index contributed by atoms with van der Waals surface area (Å²) in [6.07, 6.45) is 2.72. The molecule has 0 saturated carbocycles. The van der Waals surface area contributed by atoms with Crippen molar-refractivity contribution in [1.29, 1.82) is 0 Å². The Hall–Kier alpha value is -2.68. The second-order valence-electron chi connectivity index (χ2n) is 8.23. The van der Waals surface area contributed by atoms with Crippen molar-refractivity contribution in [2.75, 3.05) is 32.5 Å². The van der Waals surface area contributed by atoms with E-state index >= 15 is 0 Å². The number of methoxy groups -OCH3 is 1. The minimum atomic E-state index is 0.504. The lowest BCUT2D eigenvalue weighted by Crippen LogP contribution is -2.32. The van der Waals surface area contributed by atoms with Crippen molar-refractivity contribution in [2.24, 2.45) is 0 Å². The molecule has 1 aromatic carbocycles. The number of nitrogen functional groups attached to an aromatic ring is 1. The van der Waals surface area contributed by atoms with E-state index < -0.39 is 0 Å². The quantitative estimate of drug-likeness (QED) is 0.480. The van der Waals surface area contributed by atoms with Crippen molar-refractivity contribution in [2.45, 2.75) is 32.9 Å². The summed E-state index contributed by atoms with van der Waals surface area (Å²) < 4.78 is 8.74. The third kappa shape index (κ3) is 3.64. The van der Waals surface area contributed by atoms with Gasteiger partial charge in [0.05, 0.1) is 17.5 Å². The van der Waals surface area contributed by atoms with E-state index in [1.807, 2.05) is 4.52 Å². The molecule has 7 nitrogen and oxygen atoms in total. The van der Waals surface area contributed by atoms with Crippen molar-refractivity contribution < 1.29 is 4.74 Å². The van der Waals surface area contributed by atoms with Crippen LogP contribution < -0.4 is 15.8 Å². The van der Waals surface area contributed by atoms with Gasteiger partial charge in [-0.05, 0) is 49.0 Å². The monoisotopic (exact) mass is 436 g/mol. The Bertz CT molecular complexity index is 1250. The van der Waals surface area contributed by atoms with Crippen LogP contribution in [0.2, 0.25) is 0 Å². The molecule has 0 amide bonds. The maximum absolute atomic E-state index is 6.34. The maximum atomic E-state index is 6.34. The molecule has 5 rings (SSSR count). The lowest BCUT2D eigenvalue weighted by Gasteiger charge is -2.16. The molecule has 3 aromatic heterocycles. The molecule has 0 radical (unpaired) electrons. The van der Waals surface area contributed by atoms with Crippen LogP contribution >= 0.6 is 11.3 Å². The van der Waals surface area contributed by atoms with E-state index in [9.17, 15) is 0 Å². The highest BCUT2D eigenvalue weighted by Crippen LogP contribution is 2.42. The molecule has 0 aliphatic carbocycles. The molecular weight excluding hydrogens is 408 g/mol. The number of nitrogens with two attached hydrogens (primary N) is 1. The lowest BCUT2D eigenvalue weighted by atomic mass is 10.1. The standard InChI is InChI=1S/C23H28N6OS/c1-4-25-16-5-6-28(11-16)12-17-10-18(21-23(24)26-13-27-29(17)21)20-9-15-7-14(2)8-19(30-3)22(15)31-20/h7-10,13,16,25H,4-6,11-12H2,1-3H3,(H2,24,26,27)/t16-/m0/s1.